The van der Waals surface area contributed by atoms with Crippen LogP contribution in [0.2, 0.25) is 0 Å². The number of amides is 2. The maximum atomic E-state index is 13.4. The Kier molecular flexibility index (Phi) is 13.5. The molecule has 0 unspecified atom stereocenters. The average Bonchev–Trinajstić information content (AvgIpc) is 2.93. The molecule has 2 aromatic carbocycles. The molecule has 0 radical (unpaired) electrons. The first-order valence-corrected chi connectivity index (χ1v) is 14.0. The van der Waals surface area contributed by atoms with Crippen LogP contribution in [0.3, 0.4) is 0 Å². The van der Waals surface area contributed by atoms with Crippen LogP contribution in [-0.4, -0.2) is 59.6 Å². The monoisotopic (exact) mass is 540 g/mol. The molecule has 2 rings (SSSR count). The van der Waals surface area contributed by atoms with Gasteiger partial charge < -0.3 is 25.8 Å². The number of quaternary nitrogens is 1. The van der Waals surface area contributed by atoms with Crippen molar-refractivity contribution in [3.05, 3.63) is 65.7 Å². The van der Waals surface area contributed by atoms with Gasteiger partial charge in [-0.1, -0.05) is 61.9 Å². The number of hydrogen-bond acceptors (Lipinski definition) is 4. The van der Waals surface area contributed by atoms with Crippen molar-refractivity contribution in [3.63, 3.8) is 0 Å². The molecule has 0 bridgehead atoms. The smallest absolute Gasteiger partial charge is 0.326 e. The molecular weight excluding hydrogens is 494 g/mol. The highest BCUT2D eigenvalue weighted by atomic mass is 16.5. The molecule has 0 fully saturated rings. The first kappa shape index (κ1) is 31.8. The van der Waals surface area contributed by atoms with E-state index in [1.165, 1.54) is 10.5 Å². The maximum absolute atomic E-state index is 13.4. The van der Waals surface area contributed by atoms with Crippen LogP contribution in [-0.2, 0) is 27.2 Å². The quantitative estimate of drug-likeness (QED) is 0.283. The van der Waals surface area contributed by atoms with Crippen LogP contribution >= 0.6 is 0 Å². The summed E-state index contributed by atoms with van der Waals surface area (Å²) in [5.74, 6) is -1.08. The largest absolute Gasteiger partial charge is 0.490 e. The lowest BCUT2D eigenvalue weighted by Gasteiger charge is -2.29. The Labute approximate surface area is 232 Å². The van der Waals surface area contributed by atoms with Crippen LogP contribution in [0.15, 0.2) is 54.6 Å². The number of carboxylic acid groups (broad SMARTS) is 1. The van der Waals surface area contributed by atoms with Crippen LogP contribution in [0.4, 0.5) is 0 Å². The van der Waals surface area contributed by atoms with E-state index in [1.807, 2.05) is 62.4 Å². The van der Waals surface area contributed by atoms with Crippen molar-refractivity contribution in [2.75, 3.05) is 13.6 Å². The van der Waals surface area contributed by atoms with Gasteiger partial charge in [0, 0.05) is 25.8 Å². The van der Waals surface area contributed by atoms with Gasteiger partial charge in [-0.25, -0.2) is 4.79 Å². The van der Waals surface area contributed by atoms with Gasteiger partial charge in [0.15, 0.2) is 0 Å². The zero-order valence-corrected chi connectivity index (χ0v) is 23.9. The van der Waals surface area contributed by atoms with Crippen molar-refractivity contribution in [3.8, 4) is 5.75 Å². The fourth-order valence-corrected chi connectivity index (χ4v) is 4.59. The molecule has 8 heteroatoms. The van der Waals surface area contributed by atoms with Crippen molar-refractivity contribution in [1.82, 2.24) is 10.2 Å². The van der Waals surface area contributed by atoms with Gasteiger partial charge in [-0.15, -0.1) is 0 Å². The van der Waals surface area contributed by atoms with Crippen molar-refractivity contribution in [2.24, 2.45) is 5.92 Å². The number of benzene rings is 2. The lowest BCUT2D eigenvalue weighted by Crippen LogP contribution is -2.52. The second-order valence-electron chi connectivity index (χ2n) is 10.3. The number of nitrogens with one attached hydrogen (secondary N) is 1. The summed E-state index contributed by atoms with van der Waals surface area (Å²) in [7, 11) is 1.61. The van der Waals surface area contributed by atoms with E-state index in [-0.39, 0.29) is 24.3 Å². The molecule has 2 amide bonds. The molecule has 0 aliphatic rings. The normalized spacial score (nSPS) is 14.1. The van der Waals surface area contributed by atoms with Crippen molar-refractivity contribution < 1.29 is 30.0 Å². The summed E-state index contributed by atoms with van der Waals surface area (Å²) in [4.78, 5) is 39.6. The Morgan fingerprint density at radius 1 is 1.00 bits per heavy atom. The predicted octanol–water partition coefficient (Wildman–Crippen LogP) is 3.48. The van der Waals surface area contributed by atoms with Crippen LogP contribution in [0.5, 0.6) is 5.75 Å². The third-order valence-corrected chi connectivity index (χ3v) is 7.11. The summed E-state index contributed by atoms with van der Waals surface area (Å²) in [5, 5.41) is 12.3. The van der Waals surface area contributed by atoms with Gasteiger partial charge in [0.25, 0.3) is 0 Å². The summed E-state index contributed by atoms with van der Waals surface area (Å²) < 4.78 is 6.25. The van der Waals surface area contributed by atoms with E-state index in [9.17, 15) is 19.5 Å². The molecule has 0 saturated carbocycles. The highest BCUT2D eigenvalue weighted by Crippen LogP contribution is 2.24. The van der Waals surface area contributed by atoms with Crippen molar-refractivity contribution >= 4 is 17.8 Å². The Hall–Kier alpha value is -3.39. The molecule has 5 N–H and O–H groups in total. The highest BCUT2D eigenvalue weighted by molar-refractivity contribution is 5.90. The average molecular weight is 541 g/mol. The van der Waals surface area contributed by atoms with Gasteiger partial charge in [0.2, 0.25) is 11.8 Å². The van der Waals surface area contributed by atoms with Gasteiger partial charge in [-0.05, 0) is 56.7 Å². The second-order valence-corrected chi connectivity index (χ2v) is 10.3. The molecule has 4 atom stereocenters. The predicted molar refractivity (Wildman–Crippen MR) is 152 cm³/mol. The number of hydrogen-bond donors (Lipinski definition) is 3. The molecular formula is C31H46N3O5+. The summed E-state index contributed by atoms with van der Waals surface area (Å²) >= 11 is 0. The van der Waals surface area contributed by atoms with Gasteiger partial charge >= 0.3 is 5.97 Å². The molecule has 8 nitrogen and oxygen atoms in total. The molecule has 0 spiro atoms. The summed E-state index contributed by atoms with van der Waals surface area (Å²) in [5.41, 5.74) is 5.90. The Morgan fingerprint density at radius 2 is 1.67 bits per heavy atom. The number of aryl methyl sites for hydroxylation is 1. The summed E-state index contributed by atoms with van der Waals surface area (Å²) in [6.45, 7) is 6.56. The summed E-state index contributed by atoms with van der Waals surface area (Å²) in [6, 6.07) is 15.3. The summed E-state index contributed by atoms with van der Waals surface area (Å²) in [6.07, 6.45) is 4.90. The first-order chi connectivity index (χ1) is 18.7. The lowest BCUT2D eigenvalue weighted by atomic mass is 9.94. The molecule has 2 aromatic rings. The molecule has 0 aliphatic heterocycles. The van der Waals surface area contributed by atoms with Crippen molar-refractivity contribution in [1.29, 1.82) is 0 Å². The Morgan fingerprint density at radius 3 is 2.31 bits per heavy atom. The fourth-order valence-electron chi connectivity index (χ4n) is 4.59. The van der Waals surface area contributed by atoms with Gasteiger partial charge in [0.1, 0.15) is 17.8 Å². The number of rotatable bonds is 17. The third kappa shape index (κ3) is 10.4. The minimum absolute atomic E-state index is 0.0709. The molecule has 39 heavy (non-hydrogen) atoms. The topological polar surface area (TPSA) is 124 Å². The van der Waals surface area contributed by atoms with E-state index in [4.69, 9.17) is 4.74 Å². The van der Waals surface area contributed by atoms with Gasteiger partial charge in [-0.3, -0.25) is 9.59 Å². The Balaban J connectivity index is 1.97. The number of carbonyl (C=O) groups is 3. The highest BCUT2D eigenvalue weighted by Gasteiger charge is 2.30. The molecule has 0 heterocycles. The van der Waals surface area contributed by atoms with Crippen LogP contribution in [0.1, 0.15) is 64.0 Å². The third-order valence-electron chi connectivity index (χ3n) is 7.11. The number of ether oxygens (including phenoxy) is 1. The first-order valence-electron chi connectivity index (χ1n) is 14.0. The molecule has 0 saturated heterocycles. The number of aliphatic carboxylic acids is 1. The standard InChI is InChI=1S/C31H45N3O5/c1-5-12-26(19-18-22(2)39-28-17-10-9-15-25(28)16-11-20-32)30(36)34(4)23(3)29(35)33-27(31(37)38)21-24-13-7-6-8-14-24/h6-10,13-15,17,22-23,26-27H,5,11-12,16,18-21,32H2,1-4H3,(H,33,35)(H,37,38)/p+1/t22-,23-,26-,27-/m1/s1. The zero-order chi connectivity index (χ0) is 28.8. The number of nitrogens with zero attached hydrogens (tertiary/aromatic N) is 1. The maximum Gasteiger partial charge on any atom is 0.326 e. The minimum atomic E-state index is -1.11. The molecule has 214 valence electrons. The van der Waals surface area contributed by atoms with E-state index in [0.717, 1.165) is 37.1 Å². The van der Waals surface area contributed by atoms with E-state index >= 15 is 0 Å². The van der Waals surface area contributed by atoms with Crippen LogP contribution < -0.4 is 15.8 Å². The van der Waals surface area contributed by atoms with E-state index in [1.54, 1.807) is 14.0 Å². The Bertz CT molecular complexity index is 1050. The number of carbonyl (C=O) groups excluding carboxylic acids is 2. The second kappa shape index (κ2) is 16.5. The van der Waals surface area contributed by atoms with Crippen LogP contribution in [0.25, 0.3) is 0 Å². The van der Waals surface area contributed by atoms with E-state index in [2.05, 4.69) is 17.1 Å². The SMILES string of the molecule is CCC[C@H](CC[C@@H](C)Oc1ccccc1CCC[NH3+])C(=O)N(C)[C@H](C)C(=O)N[C@H](Cc1ccccc1)C(=O)O. The number of para-hydroxylation sites is 1. The fraction of sp³-hybridized carbons (Fsp3) is 0.516. The van der Waals surface area contributed by atoms with E-state index < -0.39 is 24.0 Å². The van der Waals surface area contributed by atoms with E-state index in [0.29, 0.717) is 19.3 Å². The molecule has 0 aliphatic carbocycles. The van der Waals surface area contributed by atoms with Crippen molar-refractivity contribution in [2.45, 2.75) is 83.9 Å². The number of likely N-dealkylation sites (N-methyl/N-ethyl adjacent to an activating group) is 1. The minimum Gasteiger partial charge on any atom is -0.490 e. The van der Waals surface area contributed by atoms with Gasteiger partial charge in [-0.2, -0.15) is 0 Å². The lowest BCUT2D eigenvalue weighted by molar-refractivity contribution is -0.368. The van der Waals surface area contributed by atoms with Gasteiger partial charge in [0.05, 0.1) is 12.6 Å². The zero-order valence-electron chi connectivity index (χ0n) is 23.9. The molecule has 0 aromatic heterocycles. The van der Waals surface area contributed by atoms with Crippen LogP contribution in [0, 0.1) is 5.92 Å². The number of carboxylic acids is 1.